The molecule has 2 nitrogen and oxygen atoms in total. The van der Waals surface area contributed by atoms with Crippen LogP contribution in [0.2, 0.25) is 0 Å². The van der Waals surface area contributed by atoms with Crippen LogP contribution in [0.4, 0.5) is 13.2 Å². The molecule has 0 saturated carbocycles. The molecule has 0 saturated heterocycles. The summed E-state index contributed by atoms with van der Waals surface area (Å²) < 4.78 is 43.0. The number of hydrogen-bond acceptors (Lipinski definition) is 2. The van der Waals surface area contributed by atoms with Crippen molar-refractivity contribution in [2.45, 2.75) is 12.3 Å². The van der Waals surface area contributed by atoms with E-state index in [9.17, 15) is 18.0 Å². The first-order valence-corrected chi connectivity index (χ1v) is 5.65. The second-order valence-corrected chi connectivity index (χ2v) is 4.10. The van der Waals surface area contributed by atoms with E-state index in [1.165, 1.54) is 12.2 Å². The van der Waals surface area contributed by atoms with E-state index < -0.39 is 24.2 Å². The quantitative estimate of drug-likeness (QED) is 0.769. The van der Waals surface area contributed by atoms with Crippen molar-refractivity contribution in [2.24, 2.45) is 5.92 Å². The second-order valence-electron chi connectivity index (χ2n) is 4.10. The lowest BCUT2D eigenvalue weighted by Crippen LogP contribution is -2.37. The predicted octanol–water partition coefficient (Wildman–Crippen LogP) is 3.36. The molecule has 19 heavy (non-hydrogen) atoms. The summed E-state index contributed by atoms with van der Waals surface area (Å²) in [6.07, 6.45) is -1.34. The van der Waals surface area contributed by atoms with Gasteiger partial charge in [-0.15, -0.1) is 0 Å². The third kappa shape index (κ3) is 3.47. The van der Waals surface area contributed by atoms with Crippen LogP contribution in [0.15, 0.2) is 48.6 Å². The highest BCUT2D eigenvalue weighted by Gasteiger charge is 2.45. The molecule has 1 aliphatic heterocycles. The Hall–Kier alpha value is -2.04. The third-order valence-electron chi connectivity index (χ3n) is 2.70. The van der Waals surface area contributed by atoms with Crippen LogP contribution in [-0.2, 0) is 9.53 Å². The lowest BCUT2D eigenvalue weighted by molar-refractivity contribution is -0.190. The summed E-state index contributed by atoms with van der Waals surface area (Å²) in [4.78, 5) is 11.0. The Bertz CT molecular complexity index is 503. The molecule has 2 atom stereocenters. The smallest absolute Gasteiger partial charge is 0.399 e. The SMILES string of the molecule is O=C1C=C[C@@H](C(F)(F)F)[C@H](/C=C/c2ccccc2)O1. The molecule has 0 fully saturated rings. The Morgan fingerprint density at radius 1 is 1.16 bits per heavy atom. The van der Waals surface area contributed by atoms with E-state index in [1.54, 1.807) is 30.3 Å². The molecule has 1 aliphatic rings. The van der Waals surface area contributed by atoms with E-state index in [1.807, 2.05) is 0 Å². The number of alkyl halides is 3. The van der Waals surface area contributed by atoms with Crippen LogP contribution in [-0.4, -0.2) is 18.2 Å². The monoisotopic (exact) mass is 268 g/mol. The van der Waals surface area contributed by atoms with Gasteiger partial charge in [-0.05, 0) is 11.6 Å². The molecule has 0 amide bonds. The van der Waals surface area contributed by atoms with Crippen LogP contribution < -0.4 is 0 Å². The van der Waals surface area contributed by atoms with E-state index in [2.05, 4.69) is 0 Å². The summed E-state index contributed by atoms with van der Waals surface area (Å²) in [5.41, 5.74) is 0.744. The summed E-state index contributed by atoms with van der Waals surface area (Å²) in [5, 5.41) is 0. The zero-order valence-electron chi connectivity index (χ0n) is 9.80. The number of carbonyl (C=O) groups excluding carboxylic acids is 1. The van der Waals surface area contributed by atoms with Crippen LogP contribution in [0.1, 0.15) is 5.56 Å². The molecule has 0 spiro atoms. The van der Waals surface area contributed by atoms with Gasteiger partial charge in [0.05, 0.1) is 0 Å². The minimum atomic E-state index is -4.44. The summed E-state index contributed by atoms with van der Waals surface area (Å²) in [7, 11) is 0. The molecule has 0 N–H and O–H groups in total. The molecule has 0 unspecified atom stereocenters. The molecular weight excluding hydrogens is 257 g/mol. The zero-order valence-corrected chi connectivity index (χ0v) is 9.80. The van der Waals surface area contributed by atoms with Gasteiger partial charge in [0.2, 0.25) is 0 Å². The first-order valence-electron chi connectivity index (χ1n) is 5.65. The lowest BCUT2D eigenvalue weighted by atomic mass is 9.98. The first kappa shape index (κ1) is 13.4. The average Bonchev–Trinajstić information content (AvgIpc) is 2.36. The van der Waals surface area contributed by atoms with Crippen molar-refractivity contribution >= 4 is 12.0 Å². The van der Waals surface area contributed by atoms with Crippen LogP contribution >= 0.6 is 0 Å². The van der Waals surface area contributed by atoms with Crippen molar-refractivity contribution in [3.63, 3.8) is 0 Å². The number of rotatable bonds is 2. The van der Waals surface area contributed by atoms with Gasteiger partial charge in [-0.3, -0.25) is 0 Å². The lowest BCUT2D eigenvalue weighted by Gasteiger charge is -2.26. The standard InChI is InChI=1S/C14H11F3O2/c15-14(16,17)11-7-9-13(18)19-12(11)8-6-10-4-2-1-3-5-10/h1-9,11-12H/b8-6+/t11-,12+/m1/s1. The van der Waals surface area contributed by atoms with E-state index in [0.29, 0.717) is 0 Å². The highest BCUT2D eigenvalue weighted by atomic mass is 19.4. The van der Waals surface area contributed by atoms with Crippen molar-refractivity contribution in [1.82, 2.24) is 0 Å². The maximum absolute atomic E-state index is 12.8. The van der Waals surface area contributed by atoms with Crippen LogP contribution in [0.3, 0.4) is 0 Å². The molecule has 0 aromatic heterocycles. The minimum absolute atomic E-state index is 0.744. The van der Waals surface area contributed by atoms with Gasteiger partial charge in [0, 0.05) is 6.08 Å². The van der Waals surface area contributed by atoms with Gasteiger partial charge in [0.25, 0.3) is 0 Å². The fourth-order valence-electron chi connectivity index (χ4n) is 1.76. The van der Waals surface area contributed by atoms with Crippen LogP contribution in [0, 0.1) is 5.92 Å². The van der Waals surface area contributed by atoms with Gasteiger partial charge in [0.1, 0.15) is 12.0 Å². The van der Waals surface area contributed by atoms with Gasteiger partial charge < -0.3 is 4.74 Å². The van der Waals surface area contributed by atoms with Gasteiger partial charge in [-0.1, -0.05) is 42.5 Å². The molecule has 2 rings (SSSR count). The van der Waals surface area contributed by atoms with Gasteiger partial charge >= 0.3 is 12.1 Å². The fraction of sp³-hybridized carbons (Fsp3) is 0.214. The van der Waals surface area contributed by atoms with Gasteiger partial charge in [0.15, 0.2) is 0 Å². The molecule has 0 aliphatic carbocycles. The van der Waals surface area contributed by atoms with E-state index in [-0.39, 0.29) is 0 Å². The average molecular weight is 268 g/mol. The van der Waals surface area contributed by atoms with Crippen molar-refractivity contribution in [1.29, 1.82) is 0 Å². The second kappa shape index (κ2) is 5.30. The molecule has 1 aromatic rings. The Morgan fingerprint density at radius 2 is 1.84 bits per heavy atom. The number of hydrogen-bond donors (Lipinski definition) is 0. The summed E-state index contributed by atoms with van der Waals surface area (Å²) in [6.45, 7) is 0. The van der Waals surface area contributed by atoms with Crippen molar-refractivity contribution in [3.05, 3.63) is 54.1 Å². The molecule has 100 valence electrons. The van der Waals surface area contributed by atoms with Gasteiger partial charge in [-0.2, -0.15) is 13.2 Å². The summed E-state index contributed by atoms with van der Waals surface area (Å²) in [6, 6.07) is 8.85. The van der Waals surface area contributed by atoms with Crippen molar-refractivity contribution in [2.75, 3.05) is 0 Å². The number of esters is 1. The Labute approximate surface area is 108 Å². The van der Waals surface area contributed by atoms with Crippen LogP contribution in [0.5, 0.6) is 0 Å². The van der Waals surface area contributed by atoms with Crippen LogP contribution in [0.25, 0.3) is 6.08 Å². The highest BCUT2D eigenvalue weighted by molar-refractivity contribution is 5.83. The number of halogens is 3. The highest BCUT2D eigenvalue weighted by Crippen LogP contribution is 2.34. The Morgan fingerprint density at radius 3 is 2.47 bits per heavy atom. The fourth-order valence-corrected chi connectivity index (χ4v) is 1.76. The molecular formula is C14H11F3O2. The summed E-state index contributed by atoms with van der Waals surface area (Å²) >= 11 is 0. The number of cyclic esters (lactones) is 1. The normalized spacial score (nSPS) is 23.6. The first-order chi connectivity index (χ1) is 8.97. The molecule has 5 heteroatoms. The number of ether oxygens (including phenoxy) is 1. The molecule has 1 heterocycles. The van der Waals surface area contributed by atoms with E-state index >= 15 is 0 Å². The van der Waals surface area contributed by atoms with Crippen molar-refractivity contribution in [3.8, 4) is 0 Å². The Kier molecular flexibility index (Phi) is 3.74. The zero-order chi connectivity index (χ0) is 13.9. The molecule has 0 bridgehead atoms. The Balaban J connectivity index is 2.19. The molecule has 1 aromatic carbocycles. The van der Waals surface area contributed by atoms with Gasteiger partial charge in [-0.25, -0.2) is 4.79 Å². The number of benzene rings is 1. The van der Waals surface area contributed by atoms with E-state index in [4.69, 9.17) is 4.74 Å². The summed E-state index contributed by atoms with van der Waals surface area (Å²) in [5.74, 6) is -2.56. The number of carbonyl (C=O) groups is 1. The van der Waals surface area contributed by atoms with E-state index in [0.717, 1.165) is 17.7 Å². The van der Waals surface area contributed by atoms with Crippen molar-refractivity contribution < 1.29 is 22.7 Å². The maximum Gasteiger partial charge on any atom is 0.399 e. The minimum Gasteiger partial charge on any atom is -0.454 e. The topological polar surface area (TPSA) is 26.3 Å². The third-order valence-corrected chi connectivity index (χ3v) is 2.70. The molecule has 0 radical (unpaired) electrons. The predicted molar refractivity (Wildman–Crippen MR) is 64.0 cm³/mol. The maximum atomic E-state index is 12.8. The largest absolute Gasteiger partial charge is 0.454 e.